The molecule has 0 N–H and O–H groups in total. The molecule has 4 rings (SSSR count). The number of aromatic nitrogens is 3. The normalized spacial score (nSPS) is 13.5. The molecular formula is C20H20N4O3. The van der Waals surface area contributed by atoms with Crippen LogP contribution < -0.4 is 4.90 Å². The third-order valence-electron chi connectivity index (χ3n) is 5.01. The van der Waals surface area contributed by atoms with Crippen LogP contribution in [0.1, 0.15) is 38.4 Å². The summed E-state index contributed by atoms with van der Waals surface area (Å²) < 4.78 is 6.59. The molecule has 0 spiro atoms. The number of methoxy groups -OCH3 is 1. The molecule has 1 aliphatic rings. The molecule has 0 radical (unpaired) electrons. The molecule has 0 saturated carbocycles. The fourth-order valence-corrected chi connectivity index (χ4v) is 3.72. The molecule has 1 aromatic carbocycles. The van der Waals surface area contributed by atoms with E-state index in [0.29, 0.717) is 17.7 Å². The molecule has 1 amide bonds. The van der Waals surface area contributed by atoms with E-state index in [1.807, 2.05) is 26.1 Å². The topological polar surface area (TPSA) is 77.3 Å². The minimum absolute atomic E-state index is 0.129. The van der Waals surface area contributed by atoms with Gasteiger partial charge < -0.3 is 9.64 Å². The first-order valence-corrected chi connectivity index (χ1v) is 8.82. The van der Waals surface area contributed by atoms with Gasteiger partial charge in [-0.3, -0.25) is 9.48 Å². The number of hydrogen-bond acceptors (Lipinski definition) is 5. The number of aryl methyl sites for hydroxylation is 2. The average Bonchev–Trinajstić information content (AvgIpc) is 2.99. The number of fused-ring (bicyclic) bond motifs is 2. The van der Waals surface area contributed by atoms with Crippen molar-refractivity contribution in [2.24, 2.45) is 7.05 Å². The molecule has 7 heteroatoms. The van der Waals surface area contributed by atoms with E-state index < -0.39 is 0 Å². The number of carbonyl (C=O) groups is 2. The Labute approximate surface area is 156 Å². The van der Waals surface area contributed by atoms with Gasteiger partial charge in [-0.15, -0.1) is 0 Å². The van der Waals surface area contributed by atoms with Crippen molar-refractivity contribution in [3.8, 4) is 0 Å². The maximum atomic E-state index is 13.2. The van der Waals surface area contributed by atoms with E-state index in [1.54, 1.807) is 27.9 Å². The SMILES string of the molecule is COC(=O)c1cccc2c1CCCN2C(=O)c1cnc2c(c1)c(C)nn2C. The van der Waals surface area contributed by atoms with Crippen molar-refractivity contribution in [2.75, 3.05) is 18.6 Å². The van der Waals surface area contributed by atoms with Crippen LogP contribution in [0.4, 0.5) is 5.69 Å². The molecule has 0 fully saturated rings. The van der Waals surface area contributed by atoms with Crippen LogP contribution in [0.2, 0.25) is 0 Å². The fourth-order valence-electron chi connectivity index (χ4n) is 3.72. The first-order chi connectivity index (χ1) is 13.0. The number of rotatable bonds is 2. The first kappa shape index (κ1) is 17.2. The highest BCUT2D eigenvalue weighted by atomic mass is 16.5. The molecule has 27 heavy (non-hydrogen) atoms. The van der Waals surface area contributed by atoms with Crippen LogP contribution in [0.25, 0.3) is 11.0 Å². The van der Waals surface area contributed by atoms with Gasteiger partial charge in [0, 0.05) is 30.9 Å². The Morgan fingerprint density at radius 2 is 2.07 bits per heavy atom. The van der Waals surface area contributed by atoms with Crippen molar-refractivity contribution in [1.82, 2.24) is 14.8 Å². The summed E-state index contributed by atoms with van der Waals surface area (Å²) in [6.45, 7) is 2.50. The van der Waals surface area contributed by atoms with E-state index in [9.17, 15) is 9.59 Å². The van der Waals surface area contributed by atoms with Crippen LogP contribution in [0.3, 0.4) is 0 Å². The van der Waals surface area contributed by atoms with E-state index in [4.69, 9.17) is 4.74 Å². The van der Waals surface area contributed by atoms with Crippen molar-refractivity contribution < 1.29 is 14.3 Å². The van der Waals surface area contributed by atoms with Crippen LogP contribution in [-0.4, -0.2) is 40.3 Å². The number of amides is 1. The molecule has 1 aliphatic heterocycles. The lowest BCUT2D eigenvalue weighted by Crippen LogP contribution is -2.36. The number of ether oxygens (including phenoxy) is 1. The van der Waals surface area contributed by atoms with Gasteiger partial charge in [-0.25, -0.2) is 9.78 Å². The summed E-state index contributed by atoms with van der Waals surface area (Å²) in [4.78, 5) is 31.4. The van der Waals surface area contributed by atoms with E-state index in [1.165, 1.54) is 7.11 Å². The van der Waals surface area contributed by atoms with E-state index in [-0.39, 0.29) is 11.9 Å². The highest BCUT2D eigenvalue weighted by Crippen LogP contribution is 2.31. The zero-order valence-corrected chi connectivity index (χ0v) is 15.5. The molecule has 3 heterocycles. The summed E-state index contributed by atoms with van der Waals surface area (Å²) in [5, 5.41) is 5.22. The summed E-state index contributed by atoms with van der Waals surface area (Å²) in [5.41, 5.74) is 4.23. The molecule has 0 unspecified atom stereocenters. The maximum absolute atomic E-state index is 13.2. The van der Waals surface area contributed by atoms with Crippen LogP contribution in [0.5, 0.6) is 0 Å². The Morgan fingerprint density at radius 1 is 1.26 bits per heavy atom. The number of pyridine rings is 1. The predicted octanol–water partition coefficient (Wildman–Crippen LogP) is 2.66. The molecule has 0 aliphatic carbocycles. The standard InChI is InChI=1S/C20H20N4O3/c1-12-16-10-13(11-21-18(16)23(2)22-12)19(25)24-9-5-7-14-15(20(26)27-3)6-4-8-17(14)24/h4,6,8,10-11H,5,7,9H2,1-3H3. The molecule has 138 valence electrons. The summed E-state index contributed by atoms with van der Waals surface area (Å²) in [5.74, 6) is -0.508. The Bertz CT molecular complexity index is 1070. The minimum Gasteiger partial charge on any atom is -0.465 e. The number of benzene rings is 1. The summed E-state index contributed by atoms with van der Waals surface area (Å²) in [6, 6.07) is 7.24. The van der Waals surface area contributed by atoms with Gasteiger partial charge in [0.2, 0.25) is 0 Å². The van der Waals surface area contributed by atoms with Gasteiger partial charge in [-0.05, 0) is 43.5 Å². The smallest absolute Gasteiger partial charge is 0.338 e. The maximum Gasteiger partial charge on any atom is 0.338 e. The van der Waals surface area contributed by atoms with Gasteiger partial charge >= 0.3 is 5.97 Å². The van der Waals surface area contributed by atoms with Crippen LogP contribution in [0.15, 0.2) is 30.5 Å². The zero-order chi connectivity index (χ0) is 19.1. The largest absolute Gasteiger partial charge is 0.465 e. The first-order valence-electron chi connectivity index (χ1n) is 8.82. The molecular weight excluding hydrogens is 344 g/mol. The van der Waals surface area contributed by atoms with Crippen LogP contribution in [-0.2, 0) is 18.2 Å². The monoisotopic (exact) mass is 364 g/mol. The van der Waals surface area contributed by atoms with Gasteiger partial charge in [0.1, 0.15) is 0 Å². The lowest BCUT2D eigenvalue weighted by molar-refractivity contribution is 0.0599. The van der Waals surface area contributed by atoms with E-state index in [2.05, 4.69) is 10.1 Å². The Kier molecular flexibility index (Phi) is 4.14. The van der Waals surface area contributed by atoms with E-state index in [0.717, 1.165) is 40.8 Å². The van der Waals surface area contributed by atoms with Gasteiger partial charge in [0.05, 0.1) is 23.9 Å². The van der Waals surface area contributed by atoms with Crippen molar-refractivity contribution in [1.29, 1.82) is 0 Å². The molecule has 0 saturated heterocycles. The molecule has 7 nitrogen and oxygen atoms in total. The Balaban J connectivity index is 1.76. The summed E-state index contributed by atoms with van der Waals surface area (Å²) in [6.07, 6.45) is 3.11. The lowest BCUT2D eigenvalue weighted by atomic mass is 9.95. The number of hydrogen-bond donors (Lipinski definition) is 0. The zero-order valence-electron chi connectivity index (χ0n) is 15.5. The second kappa shape index (κ2) is 6.50. The van der Waals surface area contributed by atoms with E-state index >= 15 is 0 Å². The highest BCUT2D eigenvalue weighted by Gasteiger charge is 2.27. The summed E-state index contributed by atoms with van der Waals surface area (Å²) >= 11 is 0. The van der Waals surface area contributed by atoms with Crippen molar-refractivity contribution >= 4 is 28.6 Å². The van der Waals surface area contributed by atoms with Crippen LogP contribution in [0, 0.1) is 6.92 Å². The number of esters is 1. The second-order valence-corrected chi connectivity index (χ2v) is 6.66. The van der Waals surface area contributed by atoms with Gasteiger partial charge in [-0.2, -0.15) is 5.10 Å². The fraction of sp³-hybridized carbons (Fsp3) is 0.300. The number of anilines is 1. The quantitative estimate of drug-likeness (QED) is 0.654. The lowest BCUT2D eigenvalue weighted by Gasteiger charge is -2.30. The van der Waals surface area contributed by atoms with Gasteiger partial charge in [0.25, 0.3) is 5.91 Å². The molecule has 2 aromatic heterocycles. The van der Waals surface area contributed by atoms with Crippen LogP contribution >= 0.6 is 0 Å². The number of nitrogens with zero attached hydrogens (tertiary/aromatic N) is 4. The van der Waals surface area contributed by atoms with Crippen molar-refractivity contribution in [3.63, 3.8) is 0 Å². The van der Waals surface area contributed by atoms with Gasteiger partial charge in [-0.1, -0.05) is 6.07 Å². The summed E-state index contributed by atoms with van der Waals surface area (Å²) in [7, 11) is 3.20. The Morgan fingerprint density at radius 3 is 2.85 bits per heavy atom. The number of carbonyl (C=O) groups excluding carboxylic acids is 2. The third kappa shape index (κ3) is 2.75. The average molecular weight is 364 g/mol. The minimum atomic E-state index is -0.379. The predicted molar refractivity (Wildman–Crippen MR) is 101 cm³/mol. The van der Waals surface area contributed by atoms with Crippen molar-refractivity contribution in [2.45, 2.75) is 19.8 Å². The second-order valence-electron chi connectivity index (χ2n) is 6.66. The third-order valence-corrected chi connectivity index (χ3v) is 5.01. The molecule has 0 atom stereocenters. The molecule has 0 bridgehead atoms. The molecule has 3 aromatic rings. The Hall–Kier alpha value is -3.22. The van der Waals surface area contributed by atoms with Crippen molar-refractivity contribution in [3.05, 3.63) is 52.8 Å². The highest BCUT2D eigenvalue weighted by molar-refractivity contribution is 6.09. The van der Waals surface area contributed by atoms with Gasteiger partial charge in [0.15, 0.2) is 5.65 Å².